The topological polar surface area (TPSA) is 59.6 Å². The molecule has 1 saturated carbocycles. The highest BCUT2D eigenvalue weighted by atomic mass is 16.7. The second kappa shape index (κ2) is 7.79. The van der Waals surface area contributed by atoms with Crippen LogP contribution in [0.25, 0.3) is 0 Å². The first kappa shape index (κ1) is 16.3. The predicted molar refractivity (Wildman–Crippen MR) is 88.2 cm³/mol. The Morgan fingerprint density at radius 1 is 1.13 bits per heavy atom. The fourth-order valence-electron chi connectivity index (χ4n) is 3.36. The lowest BCUT2D eigenvalue weighted by atomic mass is 9.90. The molecule has 3 rings (SSSR count). The minimum atomic E-state index is -0.357. The van der Waals surface area contributed by atoms with Gasteiger partial charge in [0.15, 0.2) is 5.79 Å². The monoisotopic (exact) mass is 318 g/mol. The third-order valence-electron chi connectivity index (χ3n) is 4.67. The lowest BCUT2D eigenvalue weighted by Crippen LogP contribution is -2.47. The number of carbonyl (C=O) groups is 1. The van der Waals surface area contributed by atoms with Crippen molar-refractivity contribution in [1.82, 2.24) is 10.6 Å². The van der Waals surface area contributed by atoms with Gasteiger partial charge in [0.05, 0.1) is 13.2 Å². The summed E-state index contributed by atoms with van der Waals surface area (Å²) in [5.41, 5.74) is 1.31. The molecule has 2 aliphatic rings. The van der Waals surface area contributed by atoms with Crippen LogP contribution in [0.15, 0.2) is 30.3 Å². The predicted octanol–water partition coefficient (Wildman–Crippen LogP) is 2.60. The van der Waals surface area contributed by atoms with Crippen LogP contribution >= 0.6 is 0 Å². The van der Waals surface area contributed by atoms with E-state index in [2.05, 4.69) is 22.8 Å². The van der Waals surface area contributed by atoms with Gasteiger partial charge in [-0.25, -0.2) is 4.79 Å². The quantitative estimate of drug-likeness (QED) is 0.821. The highest BCUT2D eigenvalue weighted by Gasteiger charge is 2.40. The van der Waals surface area contributed by atoms with E-state index in [-0.39, 0.29) is 17.9 Å². The van der Waals surface area contributed by atoms with E-state index in [0.717, 1.165) is 38.5 Å². The van der Waals surface area contributed by atoms with E-state index in [1.54, 1.807) is 0 Å². The molecule has 1 aliphatic carbocycles. The van der Waals surface area contributed by atoms with Crippen molar-refractivity contribution >= 4 is 6.03 Å². The molecule has 1 aromatic rings. The first-order chi connectivity index (χ1) is 11.3. The summed E-state index contributed by atoms with van der Waals surface area (Å²) in [5.74, 6) is -0.357. The van der Waals surface area contributed by atoms with Crippen molar-refractivity contribution in [1.29, 1.82) is 0 Å². The van der Waals surface area contributed by atoms with E-state index in [1.807, 2.05) is 18.2 Å². The number of carbonyl (C=O) groups excluding carboxylic acids is 1. The highest BCUT2D eigenvalue weighted by Crippen LogP contribution is 2.35. The van der Waals surface area contributed by atoms with Gasteiger partial charge in [0.25, 0.3) is 0 Å². The Morgan fingerprint density at radius 3 is 2.52 bits per heavy atom. The minimum absolute atomic E-state index is 0.0627. The Kier molecular flexibility index (Phi) is 5.51. The Balaban J connectivity index is 1.29. The van der Waals surface area contributed by atoms with Gasteiger partial charge in [-0.3, -0.25) is 0 Å². The number of hydrogen-bond acceptors (Lipinski definition) is 3. The molecule has 1 spiro atoms. The van der Waals surface area contributed by atoms with Gasteiger partial charge >= 0.3 is 6.03 Å². The van der Waals surface area contributed by atoms with Gasteiger partial charge in [-0.2, -0.15) is 0 Å². The lowest BCUT2D eigenvalue weighted by molar-refractivity contribution is -0.179. The summed E-state index contributed by atoms with van der Waals surface area (Å²) >= 11 is 0. The van der Waals surface area contributed by atoms with Gasteiger partial charge in [0.1, 0.15) is 0 Å². The Bertz CT molecular complexity index is 490. The fourth-order valence-corrected chi connectivity index (χ4v) is 3.36. The fraction of sp³-hybridized carbons (Fsp3) is 0.611. The molecule has 1 saturated heterocycles. The number of aryl methyl sites for hydroxylation is 1. The zero-order valence-electron chi connectivity index (χ0n) is 13.6. The van der Waals surface area contributed by atoms with Crippen LogP contribution in [0.2, 0.25) is 0 Å². The SMILES string of the molecule is O=C(NCCCc1ccccc1)NC1CCC2(CC1)OCCO2. The van der Waals surface area contributed by atoms with Crippen molar-refractivity contribution in [2.24, 2.45) is 0 Å². The number of ether oxygens (including phenoxy) is 2. The molecule has 5 heteroatoms. The standard InChI is InChI=1S/C18H26N2O3/c21-17(19-12-4-7-15-5-2-1-3-6-15)20-16-8-10-18(11-9-16)22-13-14-23-18/h1-3,5-6,16H,4,7-14H2,(H2,19,20,21). The number of rotatable bonds is 5. The molecule has 5 nitrogen and oxygen atoms in total. The molecule has 23 heavy (non-hydrogen) atoms. The van der Waals surface area contributed by atoms with Crippen molar-refractivity contribution < 1.29 is 14.3 Å². The molecule has 2 fully saturated rings. The van der Waals surface area contributed by atoms with Crippen LogP contribution < -0.4 is 10.6 Å². The van der Waals surface area contributed by atoms with Gasteiger partial charge in [-0.15, -0.1) is 0 Å². The number of hydrogen-bond donors (Lipinski definition) is 2. The van der Waals surface area contributed by atoms with E-state index < -0.39 is 0 Å². The van der Waals surface area contributed by atoms with Crippen LogP contribution in [0, 0.1) is 0 Å². The maximum Gasteiger partial charge on any atom is 0.315 e. The van der Waals surface area contributed by atoms with Crippen molar-refractivity contribution in [2.45, 2.75) is 50.4 Å². The Morgan fingerprint density at radius 2 is 1.83 bits per heavy atom. The van der Waals surface area contributed by atoms with Gasteiger partial charge in [-0.05, 0) is 31.2 Å². The van der Waals surface area contributed by atoms with Gasteiger partial charge < -0.3 is 20.1 Å². The zero-order valence-corrected chi connectivity index (χ0v) is 13.6. The van der Waals surface area contributed by atoms with Gasteiger partial charge in [0, 0.05) is 25.4 Å². The summed E-state index contributed by atoms with van der Waals surface area (Å²) in [4.78, 5) is 12.0. The van der Waals surface area contributed by atoms with Crippen LogP contribution in [0.1, 0.15) is 37.7 Å². The molecule has 2 N–H and O–H groups in total. The number of benzene rings is 1. The lowest BCUT2D eigenvalue weighted by Gasteiger charge is -2.35. The van der Waals surface area contributed by atoms with Crippen LogP contribution in [-0.4, -0.2) is 37.6 Å². The first-order valence-electron chi connectivity index (χ1n) is 8.62. The van der Waals surface area contributed by atoms with Crippen LogP contribution in [0.3, 0.4) is 0 Å². The summed E-state index contributed by atoms with van der Waals surface area (Å²) in [6.07, 6.45) is 5.50. The molecule has 1 heterocycles. The summed E-state index contributed by atoms with van der Waals surface area (Å²) in [6.45, 7) is 2.09. The molecule has 1 aliphatic heterocycles. The second-order valence-corrected chi connectivity index (χ2v) is 6.37. The molecular weight excluding hydrogens is 292 g/mol. The smallest absolute Gasteiger partial charge is 0.315 e. The second-order valence-electron chi connectivity index (χ2n) is 6.37. The van der Waals surface area contributed by atoms with Crippen LogP contribution in [-0.2, 0) is 15.9 Å². The first-order valence-corrected chi connectivity index (χ1v) is 8.62. The van der Waals surface area contributed by atoms with Crippen molar-refractivity contribution in [3.05, 3.63) is 35.9 Å². The van der Waals surface area contributed by atoms with E-state index in [4.69, 9.17) is 9.47 Å². The van der Waals surface area contributed by atoms with Crippen molar-refractivity contribution in [2.75, 3.05) is 19.8 Å². The molecule has 1 aromatic carbocycles. The van der Waals surface area contributed by atoms with Crippen LogP contribution in [0.4, 0.5) is 4.79 Å². The average molecular weight is 318 g/mol. The Labute approximate surface area is 137 Å². The molecule has 0 bridgehead atoms. The van der Waals surface area contributed by atoms with Gasteiger partial charge in [-0.1, -0.05) is 30.3 Å². The van der Waals surface area contributed by atoms with Crippen molar-refractivity contribution in [3.63, 3.8) is 0 Å². The zero-order chi connectivity index (χ0) is 16.0. The van der Waals surface area contributed by atoms with Crippen LogP contribution in [0.5, 0.6) is 0 Å². The largest absolute Gasteiger partial charge is 0.348 e. The Hall–Kier alpha value is -1.59. The number of nitrogens with one attached hydrogen (secondary N) is 2. The van der Waals surface area contributed by atoms with Gasteiger partial charge in [0.2, 0.25) is 0 Å². The summed E-state index contributed by atoms with van der Waals surface area (Å²) < 4.78 is 11.4. The molecule has 2 amide bonds. The molecule has 0 unspecified atom stereocenters. The number of urea groups is 1. The summed E-state index contributed by atoms with van der Waals surface area (Å²) in [5, 5.41) is 6.01. The molecule has 126 valence electrons. The molecular formula is C18H26N2O3. The van der Waals surface area contributed by atoms with E-state index in [9.17, 15) is 4.79 Å². The van der Waals surface area contributed by atoms with E-state index in [0.29, 0.717) is 19.8 Å². The average Bonchev–Trinajstić information content (AvgIpc) is 3.03. The maximum absolute atomic E-state index is 12.0. The maximum atomic E-state index is 12.0. The molecule has 0 aromatic heterocycles. The third-order valence-corrected chi connectivity index (χ3v) is 4.67. The third kappa shape index (κ3) is 4.69. The summed E-state index contributed by atoms with van der Waals surface area (Å²) in [7, 11) is 0. The highest BCUT2D eigenvalue weighted by molar-refractivity contribution is 5.74. The molecule has 0 atom stereocenters. The van der Waals surface area contributed by atoms with E-state index in [1.165, 1.54) is 5.56 Å². The van der Waals surface area contributed by atoms with E-state index >= 15 is 0 Å². The van der Waals surface area contributed by atoms with Crippen molar-refractivity contribution in [3.8, 4) is 0 Å². The number of amides is 2. The minimum Gasteiger partial charge on any atom is -0.348 e. The molecule has 0 radical (unpaired) electrons. The normalized spacial score (nSPS) is 20.5. The summed E-state index contributed by atoms with van der Waals surface area (Å²) in [6, 6.07) is 10.5.